The maximum Gasteiger partial charge on any atom is 0.271 e. The van der Waals surface area contributed by atoms with Crippen LogP contribution in [0, 0.1) is 11.6 Å². The average Bonchev–Trinajstić information content (AvgIpc) is 2.45. The number of nitrogens with zero attached hydrogens (tertiary/aromatic N) is 2. The minimum atomic E-state index is -1.28. The van der Waals surface area contributed by atoms with E-state index >= 15 is 0 Å². The Morgan fingerprint density at radius 3 is 2.80 bits per heavy atom. The molecular formula is C13H11F2N3O2. The van der Waals surface area contributed by atoms with E-state index in [-0.39, 0.29) is 17.8 Å². The minimum absolute atomic E-state index is 0.0827. The van der Waals surface area contributed by atoms with Gasteiger partial charge in [-0.2, -0.15) is 0 Å². The highest BCUT2D eigenvalue weighted by Crippen LogP contribution is 2.17. The summed E-state index contributed by atoms with van der Waals surface area (Å²) < 4.78 is 26.2. The third kappa shape index (κ3) is 3.33. The largest absolute Gasteiger partial charge is 0.386 e. The summed E-state index contributed by atoms with van der Waals surface area (Å²) >= 11 is 0. The summed E-state index contributed by atoms with van der Waals surface area (Å²) in [5.74, 6) is -2.15. The number of hydrogen-bond acceptors (Lipinski definition) is 4. The van der Waals surface area contributed by atoms with Gasteiger partial charge in [-0.3, -0.25) is 9.78 Å². The average molecular weight is 279 g/mol. The van der Waals surface area contributed by atoms with E-state index in [1.54, 1.807) is 0 Å². The van der Waals surface area contributed by atoms with Crippen molar-refractivity contribution in [2.24, 2.45) is 0 Å². The number of benzene rings is 1. The maximum atomic E-state index is 13.4. The molecule has 1 unspecified atom stereocenters. The molecule has 2 N–H and O–H groups in total. The van der Waals surface area contributed by atoms with Gasteiger partial charge in [0, 0.05) is 30.6 Å². The molecule has 2 rings (SSSR count). The predicted molar refractivity (Wildman–Crippen MR) is 65.7 cm³/mol. The Labute approximate surface area is 113 Å². The molecule has 7 heteroatoms. The van der Waals surface area contributed by atoms with Crippen LogP contribution in [0.5, 0.6) is 0 Å². The molecule has 0 aliphatic carbocycles. The second-order valence-corrected chi connectivity index (χ2v) is 3.98. The number of nitrogens with one attached hydrogen (secondary N) is 1. The number of carbonyl (C=O) groups excluding carboxylic acids is 1. The van der Waals surface area contributed by atoms with Gasteiger partial charge in [0.25, 0.3) is 5.91 Å². The summed E-state index contributed by atoms with van der Waals surface area (Å²) in [7, 11) is 0. The van der Waals surface area contributed by atoms with Crippen LogP contribution >= 0.6 is 0 Å². The lowest BCUT2D eigenvalue weighted by Crippen LogP contribution is -2.29. The molecule has 0 spiro atoms. The standard InChI is InChI=1S/C13H11F2N3O2/c14-8-1-2-9(10(15)5-8)12(19)7-18-13(20)11-6-16-3-4-17-11/h1-6,12,19H,7H2,(H,18,20). The Balaban J connectivity index is 1.98. The van der Waals surface area contributed by atoms with E-state index < -0.39 is 23.6 Å². The smallest absolute Gasteiger partial charge is 0.271 e. The van der Waals surface area contributed by atoms with Gasteiger partial charge in [-0.15, -0.1) is 0 Å². The molecular weight excluding hydrogens is 268 g/mol. The minimum Gasteiger partial charge on any atom is -0.386 e. The molecule has 0 bridgehead atoms. The Hall–Kier alpha value is -2.41. The molecule has 1 amide bonds. The van der Waals surface area contributed by atoms with Gasteiger partial charge in [0.1, 0.15) is 17.3 Å². The fourth-order valence-electron chi connectivity index (χ4n) is 1.58. The van der Waals surface area contributed by atoms with Crippen molar-refractivity contribution in [2.45, 2.75) is 6.10 Å². The van der Waals surface area contributed by atoms with Crippen LogP contribution < -0.4 is 5.32 Å². The maximum absolute atomic E-state index is 13.4. The highest BCUT2D eigenvalue weighted by Gasteiger charge is 2.15. The van der Waals surface area contributed by atoms with Crippen LogP contribution in [-0.2, 0) is 0 Å². The highest BCUT2D eigenvalue weighted by atomic mass is 19.1. The van der Waals surface area contributed by atoms with Crippen molar-refractivity contribution in [2.75, 3.05) is 6.54 Å². The summed E-state index contributed by atoms with van der Waals surface area (Å²) in [5.41, 5.74) is -0.00914. The first-order valence-electron chi connectivity index (χ1n) is 5.75. The van der Waals surface area contributed by atoms with Crippen LogP contribution in [0.4, 0.5) is 8.78 Å². The fourth-order valence-corrected chi connectivity index (χ4v) is 1.58. The zero-order chi connectivity index (χ0) is 14.5. The van der Waals surface area contributed by atoms with Gasteiger partial charge in [0.2, 0.25) is 0 Å². The monoisotopic (exact) mass is 279 g/mol. The summed E-state index contributed by atoms with van der Waals surface area (Å²) in [5, 5.41) is 12.2. The molecule has 1 aromatic carbocycles. The molecule has 20 heavy (non-hydrogen) atoms. The molecule has 104 valence electrons. The molecule has 0 radical (unpaired) electrons. The SMILES string of the molecule is O=C(NCC(O)c1ccc(F)cc1F)c1cnccn1. The first kappa shape index (κ1) is 14.0. The lowest BCUT2D eigenvalue weighted by molar-refractivity contribution is 0.0908. The molecule has 1 aromatic heterocycles. The fraction of sp³-hybridized carbons (Fsp3) is 0.154. The first-order valence-corrected chi connectivity index (χ1v) is 5.75. The number of halogens is 2. The van der Waals surface area contributed by atoms with Crippen molar-refractivity contribution in [3.63, 3.8) is 0 Å². The van der Waals surface area contributed by atoms with Crippen LogP contribution in [0.1, 0.15) is 22.2 Å². The summed E-state index contributed by atoms with van der Waals surface area (Å²) in [6.45, 7) is -0.224. The number of rotatable bonds is 4. The Kier molecular flexibility index (Phi) is 4.31. The number of aliphatic hydroxyl groups is 1. The number of carbonyl (C=O) groups is 1. The highest BCUT2D eigenvalue weighted by molar-refractivity contribution is 5.91. The van der Waals surface area contributed by atoms with Gasteiger partial charge >= 0.3 is 0 Å². The zero-order valence-electron chi connectivity index (χ0n) is 10.3. The lowest BCUT2D eigenvalue weighted by Gasteiger charge is -2.12. The molecule has 1 atom stereocenters. The quantitative estimate of drug-likeness (QED) is 0.882. The van der Waals surface area contributed by atoms with Crippen molar-refractivity contribution in [3.8, 4) is 0 Å². The van der Waals surface area contributed by atoms with E-state index in [0.717, 1.165) is 12.1 Å². The molecule has 0 fully saturated rings. The van der Waals surface area contributed by atoms with Crippen LogP contribution in [0.25, 0.3) is 0 Å². The normalized spacial score (nSPS) is 11.9. The number of aromatic nitrogens is 2. The van der Waals surface area contributed by atoms with E-state index in [2.05, 4.69) is 15.3 Å². The second kappa shape index (κ2) is 6.16. The Morgan fingerprint density at radius 1 is 1.35 bits per heavy atom. The molecule has 0 saturated heterocycles. The third-order valence-corrected chi connectivity index (χ3v) is 2.57. The van der Waals surface area contributed by atoms with E-state index in [1.165, 1.54) is 18.6 Å². The summed E-state index contributed by atoms with van der Waals surface area (Å²) in [4.78, 5) is 19.1. The van der Waals surface area contributed by atoms with Crippen LogP contribution in [0.15, 0.2) is 36.8 Å². The van der Waals surface area contributed by atoms with E-state index in [9.17, 15) is 18.7 Å². The van der Waals surface area contributed by atoms with Crippen molar-refractivity contribution in [1.82, 2.24) is 15.3 Å². The summed E-state index contributed by atoms with van der Waals surface area (Å²) in [6.07, 6.45) is 2.75. The first-order chi connectivity index (χ1) is 9.58. The Bertz CT molecular complexity index is 608. The molecule has 5 nitrogen and oxygen atoms in total. The van der Waals surface area contributed by atoms with Gasteiger partial charge in [-0.1, -0.05) is 6.07 Å². The number of hydrogen-bond donors (Lipinski definition) is 2. The van der Waals surface area contributed by atoms with Gasteiger partial charge in [-0.05, 0) is 6.07 Å². The van der Waals surface area contributed by atoms with Crippen molar-refractivity contribution in [1.29, 1.82) is 0 Å². The van der Waals surface area contributed by atoms with Crippen molar-refractivity contribution >= 4 is 5.91 Å². The summed E-state index contributed by atoms with van der Waals surface area (Å²) in [6, 6.07) is 2.83. The van der Waals surface area contributed by atoms with Crippen molar-refractivity contribution < 1.29 is 18.7 Å². The molecule has 2 aromatic rings. The van der Waals surface area contributed by atoms with E-state index in [4.69, 9.17) is 0 Å². The van der Waals surface area contributed by atoms with Gasteiger partial charge in [-0.25, -0.2) is 13.8 Å². The lowest BCUT2D eigenvalue weighted by atomic mass is 10.1. The molecule has 0 aliphatic rings. The number of aliphatic hydroxyl groups excluding tert-OH is 1. The second-order valence-electron chi connectivity index (χ2n) is 3.98. The van der Waals surface area contributed by atoms with Gasteiger partial charge < -0.3 is 10.4 Å². The van der Waals surface area contributed by atoms with Crippen LogP contribution in [0.3, 0.4) is 0 Å². The van der Waals surface area contributed by atoms with E-state index in [0.29, 0.717) is 6.07 Å². The Morgan fingerprint density at radius 2 is 2.15 bits per heavy atom. The number of amides is 1. The van der Waals surface area contributed by atoms with Crippen LogP contribution in [0.2, 0.25) is 0 Å². The van der Waals surface area contributed by atoms with E-state index in [1.807, 2.05) is 0 Å². The molecule has 0 aliphatic heterocycles. The van der Waals surface area contributed by atoms with Gasteiger partial charge in [0.15, 0.2) is 0 Å². The van der Waals surface area contributed by atoms with Crippen LogP contribution in [-0.4, -0.2) is 27.5 Å². The van der Waals surface area contributed by atoms with Crippen molar-refractivity contribution in [3.05, 3.63) is 59.7 Å². The zero-order valence-corrected chi connectivity index (χ0v) is 10.3. The predicted octanol–water partition coefficient (Wildman–Crippen LogP) is 1.22. The third-order valence-electron chi connectivity index (χ3n) is 2.57. The molecule has 0 saturated carbocycles. The molecule has 1 heterocycles. The topological polar surface area (TPSA) is 75.1 Å². The van der Waals surface area contributed by atoms with Gasteiger partial charge in [0.05, 0.1) is 12.3 Å².